The van der Waals surface area contributed by atoms with Gasteiger partial charge >= 0.3 is 11.9 Å². The number of rotatable bonds is 5. The summed E-state index contributed by atoms with van der Waals surface area (Å²) >= 11 is 0. The van der Waals surface area contributed by atoms with Crippen LogP contribution in [0.2, 0.25) is 0 Å². The lowest BCUT2D eigenvalue weighted by atomic mass is 9.79. The Morgan fingerprint density at radius 3 is 2.22 bits per heavy atom. The third kappa shape index (κ3) is 4.72. The van der Waals surface area contributed by atoms with Crippen LogP contribution in [0.5, 0.6) is 0 Å². The van der Waals surface area contributed by atoms with Gasteiger partial charge in [0.1, 0.15) is 6.54 Å². The van der Waals surface area contributed by atoms with Gasteiger partial charge in [-0.3, -0.25) is 4.79 Å². The van der Waals surface area contributed by atoms with Crippen LogP contribution >= 0.6 is 0 Å². The maximum absolute atomic E-state index is 13.4. The van der Waals surface area contributed by atoms with Crippen LogP contribution < -0.4 is 17.0 Å². The molecular weight excluding hydrogens is 410 g/mol. The fourth-order valence-corrected chi connectivity index (χ4v) is 4.51. The fraction of sp³-hybridized carbons (Fsp3) is 0.619. The molecule has 6 heteroatoms. The average Bonchev–Trinajstić information content (AvgIpc) is 3.23. The first-order valence-electron chi connectivity index (χ1n) is 9.62. The number of likely N-dealkylation sites (N-methyl/N-ethyl adjacent to an activating group) is 1. The van der Waals surface area contributed by atoms with Crippen molar-refractivity contribution in [2.45, 2.75) is 50.7 Å². The number of benzene rings is 1. The molecule has 2 atom stereocenters. The summed E-state index contributed by atoms with van der Waals surface area (Å²) in [4.78, 5) is 25.4. The highest BCUT2D eigenvalue weighted by molar-refractivity contribution is 5.85. The highest BCUT2D eigenvalue weighted by atomic mass is 79.9. The minimum atomic E-state index is -1.33. The second-order valence-electron chi connectivity index (χ2n) is 8.33. The molecule has 1 saturated carbocycles. The van der Waals surface area contributed by atoms with E-state index in [9.17, 15) is 9.59 Å². The molecule has 1 aromatic rings. The molecule has 0 amide bonds. The SMILES string of the molecule is CC(=O)OC(C(=O)OC1CC[N+](C)(C)C1)(c1ccccc1)C1CCCC1.[Br-]. The van der Waals surface area contributed by atoms with Crippen molar-refractivity contribution in [3.8, 4) is 0 Å². The van der Waals surface area contributed by atoms with Gasteiger partial charge in [-0.15, -0.1) is 0 Å². The van der Waals surface area contributed by atoms with E-state index in [1.807, 2.05) is 30.3 Å². The van der Waals surface area contributed by atoms with E-state index in [1.165, 1.54) is 6.92 Å². The lowest BCUT2D eigenvalue weighted by Gasteiger charge is -2.37. The molecule has 1 saturated heterocycles. The van der Waals surface area contributed by atoms with Gasteiger partial charge in [0.25, 0.3) is 0 Å². The monoisotopic (exact) mass is 439 g/mol. The zero-order valence-electron chi connectivity index (χ0n) is 16.4. The molecular formula is C21H30BrNO4. The normalized spacial score (nSPS) is 23.9. The largest absolute Gasteiger partial charge is 1.00 e. The Hall–Kier alpha value is -1.40. The predicted molar refractivity (Wildman–Crippen MR) is 98.2 cm³/mol. The Balaban J connectivity index is 0.00000261. The van der Waals surface area contributed by atoms with Gasteiger partial charge in [-0.25, -0.2) is 4.79 Å². The maximum atomic E-state index is 13.4. The minimum Gasteiger partial charge on any atom is -1.00 e. The van der Waals surface area contributed by atoms with Crippen LogP contribution in [0, 0.1) is 5.92 Å². The lowest BCUT2D eigenvalue weighted by molar-refractivity contribution is -0.879. The number of esters is 2. The number of ether oxygens (including phenoxy) is 2. The summed E-state index contributed by atoms with van der Waals surface area (Å²) in [6.45, 7) is 3.14. The molecule has 27 heavy (non-hydrogen) atoms. The van der Waals surface area contributed by atoms with Crippen molar-refractivity contribution in [3.05, 3.63) is 35.9 Å². The first kappa shape index (κ1) is 21.9. The molecule has 1 aromatic carbocycles. The van der Waals surface area contributed by atoms with Crippen molar-refractivity contribution in [2.24, 2.45) is 5.92 Å². The van der Waals surface area contributed by atoms with Crippen LogP contribution in [0.15, 0.2) is 30.3 Å². The van der Waals surface area contributed by atoms with Crippen molar-refractivity contribution in [1.29, 1.82) is 0 Å². The number of carbonyl (C=O) groups is 2. The van der Waals surface area contributed by atoms with Crippen LogP contribution in [0.4, 0.5) is 0 Å². The first-order valence-corrected chi connectivity index (χ1v) is 9.62. The van der Waals surface area contributed by atoms with Gasteiger partial charge < -0.3 is 30.9 Å². The molecule has 150 valence electrons. The van der Waals surface area contributed by atoms with Crippen molar-refractivity contribution >= 4 is 11.9 Å². The van der Waals surface area contributed by atoms with Gasteiger partial charge in [0, 0.05) is 24.8 Å². The third-order valence-electron chi connectivity index (χ3n) is 5.77. The molecule has 2 fully saturated rings. The van der Waals surface area contributed by atoms with E-state index < -0.39 is 17.5 Å². The molecule has 0 radical (unpaired) electrons. The molecule has 0 aromatic heterocycles. The van der Waals surface area contributed by atoms with Crippen LogP contribution in [0.1, 0.15) is 44.6 Å². The quantitative estimate of drug-likeness (QED) is 0.479. The minimum absolute atomic E-state index is 0. The fourth-order valence-electron chi connectivity index (χ4n) is 4.51. The molecule has 5 nitrogen and oxygen atoms in total. The van der Waals surface area contributed by atoms with Crippen LogP contribution in [0.3, 0.4) is 0 Å². The van der Waals surface area contributed by atoms with Gasteiger partial charge in [0.2, 0.25) is 5.60 Å². The predicted octanol–water partition coefficient (Wildman–Crippen LogP) is 0.0311. The molecule has 1 aliphatic carbocycles. The highest BCUT2D eigenvalue weighted by Crippen LogP contribution is 2.45. The molecule has 0 bridgehead atoms. The number of hydrogen-bond donors (Lipinski definition) is 0. The lowest BCUT2D eigenvalue weighted by Crippen LogP contribution is -3.00. The summed E-state index contributed by atoms with van der Waals surface area (Å²) in [5, 5.41) is 0. The summed E-state index contributed by atoms with van der Waals surface area (Å²) in [5.41, 5.74) is -0.609. The second kappa shape index (κ2) is 8.74. The Morgan fingerprint density at radius 1 is 1.07 bits per heavy atom. The van der Waals surface area contributed by atoms with E-state index in [1.54, 1.807) is 0 Å². The zero-order chi connectivity index (χ0) is 18.8. The molecule has 0 N–H and O–H groups in total. The number of nitrogens with zero attached hydrogens (tertiary/aromatic N) is 1. The van der Waals surface area contributed by atoms with E-state index >= 15 is 0 Å². The Kier molecular flexibility index (Phi) is 7.09. The molecule has 3 rings (SSSR count). The first-order chi connectivity index (χ1) is 12.3. The number of likely N-dealkylation sites (tertiary alicyclic amines) is 1. The van der Waals surface area contributed by atoms with E-state index in [-0.39, 0.29) is 29.0 Å². The third-order valence-corrected chi connectivity index (χ3v) is 5.77. The van der Waals surface area contributed by atoms with Gasteiger partial charge in [-0.1, -0.05) is 43.2 Å². The topological polar surface area (TPSA) is 52.6 Å². The average molecular weight is 440 g/mol. The number of carbonyl (C=O) groups excluding carboxylic acids is 2. The summed E-state index contributed by atoms with van der Waals surface area (Å²) < 4.78 is 12.6. The number of halogens is 1. The molecule has 2 aliphatic rings. The molecule has 0 spiro atoms. The molecule has 1 heterocycles. The van der Waals surface area contributed by atoms with Crippen LogP contribution in [0.25, 0.3) is 0 Å². The number of quaternary nitrogens is 1. The van der Waals surface area contributed by atoms with Crippen molar-refractivity contribution < 1.29 is 40.5 Å². The smallest absolute Gasteiger partial charge is 0.356 e. The highest BCUT2D eigenvalue weighted by Gasteiger charge is 2.53. The summed E-state index contributed by atoms with van der Waals surface area (Å²) in [5.74, 6) is -0.886. The van der Waals surface area contributed by atoms with E-state index in [2.05, 4.69) is 14.1 Å². The van der Waals surface area contributed by atoms with Crippen molar-refractivity contribution in [2.75, 3.05) is 27.2 Å². The maximum Gasteiger partial charge on any atom is 0.356 e. The van der Waals surface area contributed by atoms with Gasteiger partial charge in [-0.2, -0.15) is 0 Å². The summed E-state index contributed by atoms with van der Waals surface area (Å²) in [6.07, 6.45) is 4.53. The molecule has 1 aliphatic heterocycles. The van der Waals surface area contributed by atoms with Crippen LogP contribution in [-0.2, 0) is 24.7 Å². The van der Waals surface area contributed by atoms with Crippen molar-refractivity contribution in [1.82, 2.24) is 0 Å². The van der Waals surface area contributed by atoms with Gasteiger partial charge in [-0.05, 0) is 12.8 Å². The second-order valence-corrected chi connectivity index (χ2v) is 8.33. The Bertz CT molecular complexity index is 657. The van der Waals surface area contributed by atoms with E-state index in [0.717, 1.165) is 55.2 Å². The Labute approximate surface area is 172 Å². The summed E-state index contributed by atoms with van der Waals surface area (Å²) in [7, 11) is 4.28. The van der Waals surface area contributed by atoms with Gasteiger partial charge in [0.15, 0.2) is 6.10 Å². The molecule has 2 unspecified atom stereocenters. The Morgan fingerprint density at radius 2 is 1.70 bits per heavy atom. The van der Waals surface area contributed by atoms with E-state index in [0.29, 0.717) is 0 Å². The zero-order valence-corrected chi connectivity index (χ0v) is 18.0. The van der Waals surface area contributed by atoms with Crippen molar-refractivity contribution in [3.63, 3.8) is 0 Å². The number of hydrogen-bond acceptors (Lipinski definition) is 4. The van der Waals surface area contributed by atoms with Gasteiger partial charge in [0.05, 0.1) is 20.6 Å². The van der Waals surface area contributed by atoms with Crippen LogP contribution in [-0.4, -0.2) is 49.7 Å². The van der Waals surface area contributed by atoms with E-state index in [4.69, 9.17) is 9.47 Å². The standard InChI is InChI=1S/C21H30NO4.BrH/c1-16(23)26-21(18-11-7-8-12-18,17-9-5-4-6-10-17)20(24)25-19-13-14-22(2,3)15-19;/h4-6,9-10,18-19H,7-8,11-15H2,1-3H3;1H/q+1;/p-1. The summed E-state index contributed by atoms with van der Waals surface area (Å²) in [6, 6.07) is 9.41.